The van der Waals surface area contributed by atoms with Gasteiger partial charge in [0.2, 0.25) is 0 Å². The summed E-state index contributed by atoms with van der Waals surface area (Å²) in [5.41, 5.74) is 12.7. The number of nitrogen functional groups attached to an aromatic ring is 1. The van der Waals surface area contributed by atoms with Crippen LogP contribution in [-0.2, 0) is 7.05 Å². The normalized spacial score (nSPS) is 10.8. The summed E-state index contributed by atoms with van der Waals surface area (Å²) in [6.45, 7) is 4.18. The Balaban J connectivity index is 2.26. The molecule has 3 aromatic rings. The van der Waals surface area contributed by atoms with Crippen LogP contribution < -0.4 is 5.73 Å². The van der Waals surface area contributed by atoms with Gasteiger partial charge in [0, 0.05) is 25.0 Å². The van der Waals surface area contributed by atoms with Crippen LogP contribution in [0.25, 0.3) is 22.4 Å². The van der Waals surface area contributed by atoms with Crippen LogP contribution in [0.4, 0.5) is 5.82 Å². The van der Waals surface area contributed by atoms with E-state index in [-0.39, 0.29) is 0 Å². The molecule has 2 heterocycles. The molecule has 4 heteroatoms. The second kappa shape index (κ2) is 5.05. The van der Waals surface area contributed by atoms with Crippen molar-refractivity contribution in [1.82, 2.24) is 14.8 Å². The molecule has 0 saturated carbocycles. The number of aryl methyl sites for hydroxylation is 3. The minimum Gasteiger partial charge on any atom is -0.383 e. The van der Waals surface area contributed by atoms with E-state index in [0.717, 1.165) is 22.4 Å². The number of anilines is 1. The molecule has 0 unspecified atom stereocenters. The fourth-order valence-corrected chi connectivity index (χ4v) is 2.65. The number of aromatic nitrogens is 3. The Labute approximate surface area is 124 Å². The summed E-state index contributed by atoms with van der Waals surface area (Å²) in [4.78, 5) is 4.07. The van der Waals surface area contributed by atoms with Gasteiger partial charge < -0.3 is 5.73 Å². The molecule has 0 atom stereocenters. The van der Waals surface area contributed by atoms with Gasteiger partial charge in [-0.2, -0.15) is 5.10 Å². The van der Waals surface area contributed by atoms with E-state index in [4.69, 9.17) is 5.73 Å². The van der Waals surface area contributed by atoms with Gasteiger partial charge in [0.15, 0.2) is 0 Å². The van der Waals surface area contributed by atoms with E-state index in [9.17, 15) is 0 Å². The predicted octanol–water partition coefficient (Wildman–Crippen LogP) is 3.35. The molecule has 2 N–H and O–H groups in total. The second-order valence-corrected chi connectivity index (χ2v) is 5.34. The van der Waals surface area contributed by atoms with Gasteiger partial charge in [-0.1, -0.05) is 17.2 Å². The Bertz CT molecular complexity index is 768. The third kappa shape index (κ3) is 2.40. The summed E-state index contributed by atoms with van der Waals surface area (Å²) in [6.07, 6.45) is 3.54. The third-order valence-electron chi connectivity index (χ3n) is 3.56. The molecule has 4 nitrogen and oxygen atoms in total. The van der Waals surface area contributed by atoms with E-state index in [1.807, 2.05) is 19.2 Å². The molecule has 21 heavy (non-hydrogen) atoms. The lowest BCUT2D eigenvalue weighted by atomic mass is 9.99. The van der Waals surface area contributed by atoms with Gasteiger partial charge in [-0.15, -0.1) is 0 Å². The highest BCUT2D eigenvalue weighted by molar-refractivity contribution is 5.88. The minimum absolute atomic E-state index is 0.662. The lowest BCUT2D eigenvalue weighted by molar-refractivity contribution is 0.782. The van der Waals surface area contributed by atoms with Crippen LogP contribution in [0, 0.1) is 13.8 Å². The van der Waals surface area contributed by atoms with E-state index in [1.54, 1.807) is 17.1 Å². The lowest BCUT2D eigenvalue weighted by Gasteiger charge is -2.06. The van der Waals surface area contributed by atoms with Crippen LogP contribution in [-0.4, -0.2) is 14.8 Å². The number of nitrogens with zero attached hydrogens (tertiary/aromatic N) is 3. The molecule has 0 aliphatic carbocycles. The number of benzene rings is 1. The van der Waals surface area contributed by atoms with Crippen molar-refractivity contribution in [2.75, 3.05) is 5.73 Å². The maximum Gasteiger partial charge on any atom is 0.129 e. The van der Waals surface area contributed by atoms with Crippen molar-refractivity contribution in [1.29, 1.82) is 0 Å². The number of pyridine rings is 1. The van der Waals surface area contributed by atoms with Crippen molar-refractivity contribution in [3.05, 3.63) is 53.9 Å². The Hall–Kier alpha value is -2.62. The molecule has 0 amide bonds. The highest BCUT2D eigenvalue weighted by Gasteiger charge is 2.17. The van der Waals surface area contributed by atoms with Crippen LogP contribution >= 0.6 is 0 Å². The second-order valence-electron chi connectivity index (χ2n) is 5.34. The predicted molar refractivity (Wildman–Crippen MR) is 85.8 cm³/mol. The largest absolute Gasteiger partial charge is 0.383 e. The summed E-state index contributed by atoms with van der Waals surface area (Å²) < 4.78 is 1.72. The van der Waals surface area contributed by atoms with Crippen LogP contribution in [0.3, 0.4) is 0 Å². The van der Waals surface area contributed by atoms with Crippen molar-refractivity contribution >= 4 is 5.82 Å². The number of nitrogens with two attached hydrogens (primary N) is 1. The fourth-order valence-electron chi connectivity index (χ4n) is 2.65. The van der Waals surface area contributed by atoms with Crippen LogP contribution in [0.2, 0.25) is 0 Å². The van der Waals surface area contributed by atoms with Gasteiger partial charge in [0.1, 0.15) is 11.5 Å². The molecule has 106 valence electrons. The van der Waals surface area contributed by atoms with Crippen LogP contribution in [0.5, 0.6) is 0 Å². The molecule has 3 rings (SSSR count). The number of hydrogen-bond acceptors (Lipinski definition) is 3. The average Bonchev–Trinajstić information content (AvgIpc) is 2.75. The van der Waals surface area contributed by atoms with E-state index in [0.29, 0.717) is 5.82 Å². The number of hydrogen-bond donors (Lipinski definition) is 1. The van der Waals surface area contributed by atoms with Gasteiger partial charge in [-0.05, 0) is 43.7 Å². The summed E-state index contributed by atoms with van der Waals surface area (Å²) in [6, 6.07) is 10.3. The van der Waals surface area contributed by atoms with Crippen molar-refractivity contribution in [3.63, 3.8) is 0 Å². The molecule has 0 radical (unpaired) electrons. The molecule has 0 bridgehead atoms. The molecule has 1 aromatic carbocycles. The standard InChI is InChI=1S/C17H18N4/c1-11-8-12(2)10-14(9-11)16-15(17(18)21(3)20-16)13-4-6-19-7-5-13/h4-10H,18H2,1-3H3. The highest BCUT2D eigenvalue weighted by Crippen LogP contribution is 2.36. The van der Waals surface area contributed by atoms with Crippen molar-refractivity contribution in [2.45, 2.75) is 13.8 Å². The molecule has 0 aliphatic heterocycles. The minimum atomic E-state index is 0.662. The maximum absolute atomic E-state index is 6.23. The molecule has 2 aromatic heterocycles. The fraction of sp³-hybridized carbons (Fsp3) is 0.176. The zero-order valence-corrected chi connectivity index (χ0v) is 12.5. The molecule has 0 fully saturated rings. The van der Waals surface area contributed by atoms with Gasteiger partial charge >= 0.3 is 0 Å². The Morgan fingerprint density at radius 1 is 0.952 bits per heavy atom. The third-order valence-corrected chi connectivity index (χ3v) is 3.56. The van der Waals surface area contributed by atoms with Crippen LogP contribution in [0.1, 0.15) is 11.1 Å². The van der Waals surface area contributed by atoms with Gasteiger partial charge in [-0.3, -0.25) is 9.67 Å². The SMILES string of the molecule is Cc1cc(C)cc(-c2nn(C)c(N)c2-c2ccncc2)c1. The first-order chi connectivity index (χ1) is 10.1. The monoisotopic (exact) mass is 278 g/mol. The van der Waals surface area contributed by atoms with Gasteiger partial charge in [0.05, 0.1) is 5.56 Å². The summed E-state index contributed by atoms with van der Waals surface area (Å²) in [7, 11) is 1.87. The van der Waals surface area contributed by atoms with Gasteiger partial charge in [-0.25, -0.2) is 0 Å². The summed E-state index contributed by atoms with van der Waals surface area (Å²) >= 11 is 0. The first kappa shape index (κ1) is 13.4. The highest BCUT2D eigenvalue weighted by atomic mass is 15.3. The molecule has 0 spiro atoms. The zero-order valence-electron chi connectivity index (χ0n) is 12.5. The van der Waals surface area contributed by atoms with E-state index >= 15 is 0 Å². The Kier molecular flexibility index (Phi) is 3.22. The van der Waals surface area contributed by atoms with Crippen molar-refractivity contribution in [2.24, 2.45) is 7.05 Å². The Morgan fingerprint density at radius 2 is 1.57 bits per heavy atom. The summed E-state index contributed by atoms with van der Waals surface area (Å²) in [5, 5.41) is 4.61. The molecule has 0 saturated heterocycles. The van der Waals surface area contributed by atoms with Gasteiger partial charge in [0.25, 0.3) is 0 Å². The number of rotatable bonds is 2. The van der Waals surface area contributed by atoms with E-state index in [2.05, 4.69) is 42.1 Å². The first-order valence-corrected chi connectivity index (χ1v) is 6.88. The smallest absolute Gasteiger partial charge is 0.129 e. The molecular weight excluding hydrogens is 260 g/mol. The van der Waals surface area contributed by atoms with Crippen molar-refractivity contribution in [3.8, 4) is 22.4 Å². The average molecular weight is 278 g/mol. The van der Waals surface area contributed by atoms with E-state index in [1.165, 1.54) is 11.1 Å². The molecule has 0 aliphatic rings. The topological polar surface area (TPSA) is 56.7 Å². The Morgan fingerprint density at radius 3 is 2.19 bits per heavy atom. The molecular formula is C17H18N4. The zero-order chi connectivity index (χ0) is 15.0. The van der Waals surface area contributed by atoms with Crippen LogP contribution in [0.15, 0.2) is 42.7 Å². The first-order valence-electron chi connectivity index (χ1n) is 6.88. The lowest BCUT2D eigenvalue weighted by Crippen LogP contribution is -1.97. The summed E-state index contributed by atoms with van der Waals surface area (Å²) in [5.74, 6) is 0.662. The van der Waals surface area contributed by atoms with Crippen molar-refractivity contribution < 1.29 is 0 Å². The maximum atomic E-state index is 6.23. The van der Waals surface area contributed by atoms with E-state index < -0.39 is 0 Å². The quantitative estimate of drug-likeness (QED) is 0.782.